The Morgan fingerprint density at radius 3 is 2.53 bits per heavy atom. The normalized spacial score (nSPS) is 11.1. The van der Waals surface area contributed by atoms with Gasteiger partial charge < -0.3 is 10.6 Å². The Kier molecular flexibility index (Phi) is 3.61. The molecular formula is C11H22N4. The van der Waals surface area contributed by atoms with E-state index < -0.39 is 0 Å². The SMILES string of the molecule is CCn1nc(C)c(N)c1N(C)CC(C)C. The third kappa shape index (κ3) is 2.43. The smallest absolute Gasteiger partial charge is 0.150 e. The zero-order chi connectivity index (χ0) is 11.6. The molecule has 1 rings (SSSR count). The topological polar surface area (TPSA) is 47.1 Å². The summed E-state index contributed by atoms with van der Waals surface area (Å²) in [6.07, 6.45) is 0. The summed E-state index contributed by atoms with van der Waals surface area (Å²) in [6.45, 7) is 10.3. The van der Waals surface area contributed by atoms with E-state index in [2.05, 4.69) is 37.8 Å². The van der Waals surface area contributed by atoms with Gasteiger partial charge in [-0.05, 0) is 19.8 Å². The minimum atomic E-state index is 0.620. The van der Waals surface area contributed by atoms with Gasteiger partial charge >= 0.3 is 0 Å². The van der Waals surface area contributed by atoms with Crippen molar-refractivity contribution in [1.29, 1.82) is 0 Å². The van der Waals surface area contributed by atoms with E-state index in [1.165, 1.54) is 0 Å². The molecule has 0 atom stereocenters. The zero-order valence-corrected chi connectivity index (χ0v) is 10.4. The first kappa shape index (κ1) is 11.9. The van der Waals surface area contributed by atoms with Crippen LogP contribution in [0.2, 0.25) is 0 Å². The lowest BCUT2D eigenvalue weighted by molar-refractivity contribution is 0.598. The van der Waals surface area contributed by atoms with Crippen LogP contribution in [0, 0.1) is 12.8 Å². The van der Waals surface area contributed by atoms with E-state index >= 15 is 0 Å². The molecule has 2 N–H and O–H groups in total. The minimum Gasteiger partial charge on any atom is -0.394 e. The van der Waals surface area contributed by atoms with Crippen LogP contribution in [0.25, 0.3) is 0 Å². The highest BCUT2D eigenvalue weighted by atomic mass is 15.4. The number of aromatic nitrogens is 2. The van der Waals surface area contributed by atoms with Crippen molar-refractivity contribution < 1.29 is 0 Å². The molecule has 0 aliphatic heterocycles. The molecule has 15 heavy (non-hydrogen) atoms. The lowest BCUT2D eigenvalue weighted by atomic mass is 10.2. The van der Waals surface area contributed by atoms with Crippen molar-refractivity contribution in [2.45, 2.75) is 34.2 Å². The van der Waals surface area contributed by atoms with Crippen LogP contribution >= 0.6 is 0 Å². The highest BCUT2D eigenvalue weighted by molar-refractivity contribution is 5.65. The van der Waals surface area contributed by atoms with Crippen LogP contribution in [0.5, 0.6) is 0 Å². The average molecular weight is 210 g/mol. The van der Waals surface area contributed by atoms with E-state index in [0.29, 0.717) is 5.92 Å². The largest absolute Gasteiger partial charge is 0.394 e. The molecule has 0 spiro atoms. The van der Waals surface area contributed by atoms with Gasteiger partial charge in [-0.1, -0.05) is 13.8 Å². The highest BCUT2D eigenvalue weighted by Crippen LogP contribution is 2.25. The van der Waals surface area contributed by atoms with Gasteiger partial charge in [0, 0.05) is 20.1 Å². The van der Waals surface area contributed by atoms with Gasteiger partial charge in [0.25, 0.3) is 0 Å². The summed E-state index contributed by atoms with van der Waals surface area (Å²) in [4.78, 5) is 2.18. The molecule has 4 heteroatoms. The molecule has 0 bridgehead atoms. The van der Waals surface area contributed by atoms with Crippen molar-refractivity contribution in [3.63, 3.8) is 0 Å². The molecule has 0 unspecified atom stereocenters. The summed E-state index contributed by atoms with van der Waals surface area (Å²) in [5.41, 5.74) is 7.76. The van der Waals surface area contributed by atoms with Gasteiger partial charge in [0.1, 0.15) is 5.82 Å². The van der Waals surface area contributed by atoms with Gasteiger partial charge in [0.05, 0.1) is 11.4 Å². The highest BCUT2D eigenvalue weighted by Gasteiger charge is 2.15. The number of nitrogens with zero attached hydrogens (tertiary/aromatic N) is 3. The van der Waals surface area contributed by atoms with E-state index in [0.717, 1.165) is 30.3 Å². The van der Waals surface area contributed by atoms with Crippen LogP contribution in [0.3, 0.4) is 0 Å². The summed E-state index contributed by atoms with van der Waals surface area (Å²) < 4.78 is 1.97. The molecule has 0 saturated heterocycles. The van der Waals surface area contributed by atoms with Crippen molar-refractivity contribution in [2.75, 3.05) is 24.2 Å². The standard InChI is InChI=1S/C11H22N4/c1-6-15-11(10(12)9(4)13-15)14(5)7-8(2)3/h8H,6-7,12H2,1-5H3. The number of hydrogen-bond acceptors (Lipinski definition) is 3. The van der Waals surface area contributed by atoms with Gasteiger partial charge in [-0.15, -0.1) is 0 Å². The van der Waals surface area contributed by atoms with E-state index in [4.69, 9.17) is 5.73 Å². The fraction of sp³-hybridized carbons (Fsp3) is 0.727. The van der Waals surface area contributed by atoms with Crippen LogP contribution in [0.4, 0.5) is 11.5 Å². The van der Waals surface area contributed by atoms with Crippen molar-refractivity contribution in [3.8, 4) is 0 Å². The van der Waals surface area contributed by atoms with Gasteiger partial charge in [-0.25, -0.2) is 4.68 Å². The van der Waals surface area contributed by atoms with E-state index in [1.807, 2.05) is 11.6 Å². The van der Waals surface area contributed by atoms with E-state index in [1.54, 1.807) is 0 Å². The zero-order valence-electron chi connectivity index (χ0n) is 10.4. The molecule has 0 aliphatic carbocycles. The van der Waals surface area contributed by atoms with Crippen LogP contribution in [-0.2, 0) is 6.54 Å². The van der Waals surface area contributed by atoms with Gasteiger partial charge in [-0.2, -0.15) is 5.10 Å². The predicted molar refractivity (Wildman–Crippen MR) is 65.2 cm³/mol. The van der Waals surface area contributed by atoms with Crippen molar-refractivity contribution in [3.05, 3.63) is 5.69 Å². The Hall–Kier alpha value is -1.19. The summed E-state index contributed by atoms with van der Waals surface area (Å²) in [5.74, 6) is 1.67. The fourth-order valence-electron chi connectivity index (χ4n) is 1.84. The van der Waals surface area contributed by atoms with Gasteiger partial charge in [0.2, 0.25) is 0 Å². The predicted octanol–water partition coefficient (Wildman–Crippen LogP) is 1.89. The Morgan fingerprint density at radius 2 is 2.07 bits per heavy atom. The first-order chi connectivity index (χ1) is 6.97. The van der Waals surface area contributed by atoms with Crippen LogP contribution < -0.4 is 10.6 Å². The second kappa shape index (κ2) is 4.55. The Bertz CT molecular complexity index is 328. The molecule has 0 radical (unpaired) electrons. The lowest BCUT2D eigenvalue weighted by Gasteiger charge is -2.22. The number of anilines is 2. The fourth-order valence-corrected chi connectivity index (χ4v) is 1.84. The van der Waals surface area contributed by atoms with Crippen LogP contribution in [0.15, 0.2) is 0 Å². The number of rotatable bonds is 4. The Labute approximate surface area is 92.1 Å². The van der Waals surface area contributed by atoms with E-state index in [-0.39, 0.29) is 0 Å². The number of hydrogen-bond donors (Lipinski definition) is 1. The van der Waals surface area contributed by atoms with Crippen LogP contribution in [0.1, 0.15) is 26.5 Å². The maximum atomic E-state index is 6.03. The first-order valence-electron chi connectivity index (χ1n) is 5.51. The molecule has 0 aliphatic rings. The van der Waals surface area contributed by atoms with Crippen molar-refractivity contribution >= 4 is 11.5 Å². The van der Waals surface area contributed by atoms with Crippen molar-refractivity contribution in [1.82, 2.24) is 9.78 Å². The summed E-state index contributed by atoms with van der Waals surface area (Å²) >= 11 is 0. The molecule has 1 aromatic rings. The molecule has 0 amide bonds. The average Bonchev–Trinajstić information content (AvgIpc) is 2.41. The summed E-state index contributed by atoms with van der Waals surface area (Å²) in [6, 6.07) is 0. The van der Waals surface area contributed by atoms with Gasteiger partial charge in [-0.3, -0.25) is 0 Å². The van der Waals surface area contributed by atoms with Gasteiger partial charge in [0.15, 0.2) is 0 Å². The second-order valence-corrected chi connectivity index (χ2v) is 4.41. The molecular weight excluding hydrogens is 188 g/mol. The maximum absolute atomic E-state index is 6.03. The van der Waals surface area contributed by atoms with Crippen molar-refractivity contribution in [2.24, 2.45) is 5.92 Å². The quantitative estimate of drug-likeness (QED) is 0.825. The third-order valence-corrected chi connectivity index (χ3v) is 2.45. The van der Waals surface area contributed by atoms with Crippen LogP contribution in [-0.4, -0.2) is 23.4 Å². The second-order valence-electron chi connectivity index (χ2n) is 4.41. The lowest BCUT2D eigenvalue weighted by Crippen LogP contribution is -2.26. The molecule has 4 nitrogen and oxygen atoms in total. The molecule has 1 aromatic heterocycles. The summed E-state index contributed by atoms with van der Waals surface area (Å²) in [5, 5.41) is 4.41. The monoisotopic (exact) mass is 210 g/mol. The molecule has 1 heterocycles. The summed E-state index contributed by atoms with van der Waals surface area (Å²) in [7, 11) is 2.07. The maximum Gasteiger partial charge on any atom is 0.150 e. The molecule has 0 saturated carbocycles. The number of aryl methyl sites for hydroxylation is 2. The molecule has 0 aromatic carbocycles. The Morgan fingerprint density at radius 1 is 1.47 bits per heavy atom. The Balaban J connectivity index is 3.00. The van der Waals surface area contributed by atoms with E-state index in [9.17, 15) is 0 Å². The molecule has 86 valence electrons. The number of nitrogen functional groups attached to an aromatic ring is 1. The minimum absolute atomic E-state index is 0.620. The third-order valence-electron chi connectivity index (χ3n) is 2.45. The molecule has 0 fully saturated rings. The first-order valence-corrected chi connectivity index (χ1v) is 5.51. The number of nitrogens with two attached hydrogens (primary N) is 1.